The Morgan fingerprint density at radius 2 is 2.00 bits per heavy atom. The van der Waals surface area contributed by atoms with Crippen molar-refractivity contribution in [3.63, 3.8) is 0 Å². The summed E-state index contributed by atoms with van der Waals surface area (Å²) in [6, 6.07) is 3.99. The summed E-state index contributed by atoms with van der Waals surface area (Å²) in [5.74, 6) is -0.544. The van der Waals surface area contributed by atoms with Gasteiger partial charge in [0.2, 0.25) is 0 Å². The molecule has 2 aliphatic heterocycles. The van der Waals surface area contributed by atoms with Crippen molar-refractivity contribution in [2.75, 3.05) is 12.4 Å². The van der Waals surface area contributed by atoms with Gasteiger partial charge in [-0.25, -0.2) is 8.42 Å². The molecule has 0 saturated carbocycles. The van der Waals surface area contributed by atoms with Crippen molar-refractivity contribution in [3.8, 4) is 11.5 Å². The summed E-state index contributed by atoms with van der Waals surface area (Å²) >= 11 is 0. The van der Waals surface area contributed by atoms with E-state index >= 15 is 0 Å². The summed E-state index contributed by atoms with van der Waals surface area (Å²) in [5, 5.41) is 0. The van der Waals surface area contributed by atoms with Crippen molar-refractivity contribution >= 4 is 9.84 Å². The zero-order chi connectivity index (χ0) is 15.1. The molecule has 1 aromatic carbocycles. The van der Waals surface area contributed by atoms with E-state index in [0.29, 0.717) is 12.2 Å². The average Bonchev–Trinajstić information content (AvgIpc) is 2.93. The highest BCUT2D eigenvalue weighted by molar-refractivity contribution is 7.90. The summed E-state index contributed by atoms with van der Waals surface area (Å²) in [6.07, 6.45) is -2.38. The molecular weight excluding hydrogens is 306 g/mol. The van der Waals surface area contributed by atoms with Crippen LogP contribution in [0.1, 0.15) is 18.4 Å². The molecule has 1 saturated heterocycles. The number of halogens is 2. The van der Waals surface area contributed by atoms with E-state index in [1.807, 2.05) is 0 Å². The Labute approximate surface area is 120 Å². The summed E-state index contributed by atoms with van der Waals surface area (Å²) in [6.45, 7) is 0.583. The monoisotopic (exact) mass is 320 g/mol. The average molecular weight is 320 g/mol. The van der Waals surface area contributed by atoms with Crippen LogP contribution < -0.4 is 9.47 Å². The molecule has 0 N–H and O–H groups in total. The van der Waals surface area contributed by atoms with Gasteiger partial charge in [-0.3, -0.25) is 0 Å². The zero-order valence-electron chi connectivity index (χ0n) is 11.1. The molecule has 116 valence electrons. The Hall–Kier alpha value is -1.41. The number of fused-ring (bicyclic) bond motifs is 1. The molecule has 0 aromatic heterocycles. The van der Waals surface area contributed by atoms with Crippen LogP contribution in [0.5, 0.6) is 11.5 Å². The van der Waals surface area contributed by atoms with Crippen LogP contribution >= 0.6 is 0 Å². The smallest absolute Gasteiger partial charge is 0.395 e. The summed E-state index contributed by atoms with van der Waals surface area (Å²) in [5.41, 5.74) is 0.382. The maximum absolute atomic E-state index is 12.9. The molecule has 5 nitrogen and oxygen atoms in total. The van der Waals surface area contributed by atoms with Gasteiger partial charge in [-0.15, -0.1) is 8.78 Å². The first-order valence-corrected chi connectivity index (χ1v) is 8.36. The van der Waals surface area contributed by atoms with Gasteiger partial charge in [-0.1, -0.05) is 6.07 Å². The SMILES string of the molecule is O=S(=O)(Cc1ccc2c(c1)OC(F)(F)O2)CC1CCCO1. The van der Waals surface area contributed by atoms with Crippen LogP contribution in [0.4, 0.5) is 8.78 Å². The third-order valence-electron chi connectivity index (χ3n) is 3.32. The van der Waals surface area contributed by atoms with Gasteiger partial charge in [0, 0.05) is 6.61 Å². The lowest BCUT2D eigenvalue weighted by Gasteiger charge is -2.10. The molecule has 0 bridgehead atoms. The Kier molecular flexibility index (Phi) is 3.53. The van der Waals surface area contributed by atoms with E-state index in [9.17, 15) is 17.2 Å². The lowest BCUT2D eigenvalue weighted by molar-refractivity contribution is -0.286. The van der Waals surface area contributed by atoms with Gasteiger partial charge in [-0.05, 0) is 30.5 Å². The Morgan fingerprint density at radius 1 is 1.24 bits per heavy atom. The molecular formula is C13H14F2O5S. The van der Waals surface area contributed by atoms with Crippen molar-refractivity contribution in [2.24, 2.45) is 0 Å². The third-order valence-corrected chi connectivity index (χ3v) is 4.97. The predicted molar refractivity (Wildman–Crippen MR) is 69.1 cm³/mol. The molecule has 1 fully saturated rings. The van der Waals surface area contributed by atoms with Crippen molar-refractivity contribution in [2.45, 2.75) is 31.0 Å². The van der Waals surface area contributed by atoms with E-state index in [1.165, 1.54) is 18.2 Å². The van der Waals surface area contributed by atoms with Crippen molar-refractivity contribution in [3.05, 3.63) is 23.8 Å². The van der Waals surface area contributed by atoms with Crippen LogP contribution in [0.3, 0.4) is 0 Å². The lowest BCUT2D eigenvalue weighted by Crippen LogP contribution is -2.25. The van der Waals surface area contributed by atoms with Crippen LogP contribution in [0.25, 0.3) is 0 Å². The van der Waals surface area contributed by atoms with E-state index in [2.05, 4.69) is 9.47 Å². The van der Waals surface area contributed by atoms with Gasteiger partial charge in [0.1, 0.15) is 0 Å². The standard InChI is InChI=1S/C13H14F2O5S/c14-13(15)19-11-4-3-9(6-12(11)20-13)7-21(16,17)8-10-2-1-5-18-10/h3-4,6,10H,1-2,5,7-8H2. The molecule has 8 heteroatoms. The summed E-state index contributed by atoms with van der Waals surface area (Å²) in [4.78, 5) is 0. The van der Waals surface area contributed by atoms with Crippen LogP contribution in [-0.2, 0) is 20.3 Å². The topological polar surface area (TPSA) is 61.8 Å². The highest BCUT2D eigenvalue weighted by atomic mass is 32.2. The van der Waals surface area contributed by atoms with E-state index in [-0.39, 0.29) is 29.1 Å². The highest BCUT2D eigenvalue weighted by Gasteiger charge is 2.43. The number of sulfone groups is 1. The molecule has 2 heterocycles. The molecule has 3 rings (SSSR count). The summed E-state index contributed by atoms with van der Waals surface area (Å²) < 4.78 is 63.8. The number of hydrogen-bond acceptors (Lipinski definition) is 5. The number of hydrogen-bond donors (Lipinski definition) is 0. The van der Waals surface area contributed by atoms with Gasteiger partial charge in [0.15, 0.2) is 21.3 Å². The van der Waals surface area contributed by atoms with Crippen LogP contribution in [0.15, 0.2) is 18.2 Å². The maximum Gasteiger partial charge on any atom is 0.586 e. The normalized spacial score (nSPS) is 23.4. The molecule has 1 aromatic rings. The zero-order valence-corrected chi connectivity index (χ0v) is 11.9. The van der Waals surface area contributed by atoms with Gasteiger partial charge >= 0.3 is 6.29 Å². The molecule has 0 radical (unpaired) electrons. The van der Waals surface area contributed by atoms with Gasteiger partial charge in [-0.2, -0.15) is 0 Å². The first-order valence-electron chi connectivity index (χ1n) is 6.54. The van der Waals surface area contributed by atoms with Crippen molar-refractivity contribution in [1.29, 1.82) is 0 Å². The maximum atomic E-state index is 12.9. The first-order chi connectivity index (χ1) is 9.83. The molecule has 0 amide bonds. The Bertz CT molecular complexity index is 638. The van der Waals surface area contributed by atoms with E-state index < -0.39 is 16.1 Å². The largest absolute Gasteiger partial charge is 0.586 e. The number of ether oxygens (including phenoxy) is 3. The second kappa shape index (κ2) is 5.10. The molecule has 0 spiro atoms. The molecule has 2 aliphatic rings. The van der Waals surface area contributed by atoms with Gasteiger partial charge < -0.3 is 14.2 Å². The first kappa shape index (κ1) is 14.5. The lowest BCUT2D eigenvalue weighted by atomic mass is 10.2. The van der Waals surface area contributed by atoms with Gasteiger partial charge in [0.05, 0.1) is 17.6 Å². The fraction of sp³-hybridized carbons (Fsp3) is 0.538. The number of rotatable bonds is 4. The van der Waals surface area contributed by atoms with Crippen LogP contribution in [0.2, 0.25) is 0 Å². The quantitative estimate of drug-likeness (QED) is 0.850. The van der Waals surface area contributed by atoms with Crippen molar-refractivity contribution in [1.82, 2.24) is 0 Å². The molecule has 1 unspecified atom stereocenters. The molecule has 21 heavy (non-hydrogen) atoms. The molecule has 1 atom stereocenters. The Balaban J connectivity index is 1.71. The Morgan fingerprint density at radius 3 is 2.71 bits per heavy atom. The molecule has 0 aliphatic carbocycles. The van der Waals surface area contributed by atoms with Crippen LogP contribution in [0, 0.1) is 0 Å². The second-order valence-corrected chi connectivity index (χ2v) is 7.25. The fourth-order valence-electron chi connectivity index (χ4n) is 2.46. The van der Waals surface area contributed by atoms with Crippen molar-refractivity contribution < 1.29 is 31.4 Å². The fourth-order valence-corrected chi connectivity index (χ4v) is 4.09. The number of alkyl halides is 2. The van der Waals surface area contributed by atoms with Gasteiger partial charge in [0.25, 0.3) is 0 Å². The van der Waals surface area contributed by atoms with E-state index in [4.69, 9.17) is 4.74 Å². The minimum atomic E-state index is -3.70. The minimum Gasteiger partial charge on any atom is -0.395 e. The van der Waals surface area contributed by atoms with E-state index in [1.54, 1.807) is 0 Å². The number of benzene rings is 1. The summed E-state index contributed by atoms with van der Waals surface area (Å²) in [7, 11) is -3.37. The second-order valence-electron chi connectivity index (χ2n) is 5.14. The third kappa shape index (κ3) is 3.44. The highest BCUT2D eigenvalue weighted by Crippen LogP contribution is 2.41. The van der Waals surface area contributed by atoms with E-state index in [0.717, 1.165) is 12.8 Å². The predicted octanol–water partition coefficient (Wildman–Crippen LogP) is 2.10. The van der Waals surface area contributed by atoms with Crippen LogP contribution in [-0.4, -0.2) is 33.2 Å². The minimum absolute atomic E-state index is 0.0579.